The van der Waals surface area contributed by atoms with Gasteiger partial charge in [0.05, 0.1) is 14.7 Å². The van der Waals surface area contributed by atoms with Crippen molar-refractivity contribution in [3.05, 3.63) is 56.2 Å². The minimum absolute atomic E-state index is 0.228. The van der Waals surface area contributed by atoms with Crippen molar-refractivity contribution in [2.24, 2.45) is 0 Å². The first kappa shape index (κ1) is 13.8. The number of carbonyl (C=O) groups is 1. The fourth-order valence-electron chi connectivity index (χ4n) is 1.61. The molecule has 0 fully saturated rings. The van der Waals surface area contributed by atoms with E-state index in [-0.39, 0.29) is 5.91 Å². The number of rotatable bonds is 3. The quantitative estimate of drug-likeness (QED) is 0.927. The number of hydrogen-bond acceptors (Lipinski definition) is 3. The Bertz CT molecular complexity index is 611. The Morgan fingerprint density at radius 2 is 2.11 bits per heavy atom. The van der Waals surface area contributed by atoms with Crippen molar-refractivity contribution in [3.63, 3.8) is 0 Å². The van der Waals surface area contributed by atoms with E-state index in [1.807, 2.05) is 43.3 Å². The molecular formula is C14H11BrN2OS. The SMILES string of the molecule is Cc1cc(C(=O)NC(C#N)c2ccccc2)sc1Br. The first-order valence-corrected chi connectivity index (χ1v) is 7.24. The normalized spacial score (nSPS) is 11.6. The molecule has 0 saturated heterocycles. The fourth-order valence-corrected chi connectivity index (χ4v) is 3.05. The van der Waals surface area contributed by atoms with E-state index < -0.39 is 6.04 Å². The standard InChI is InChI=1S/C14H11BrN2OS/c1-9-7-12(19-13(9)15)14(18)17-11(8-16)10-5-3-2-4-6-10/h2-7,11H,1H3,(H,17,18). The smallest absolute Gasteiger partial charge is 0.262 e. The van der Waals surface area contributed by atoms with Crippen molar-refractivity contribution in [2.45, 2.75) is 13.0 Å². The van der Waals surface area contributed by atoms with Gasteiger partial charge in [-0.2, -0.15) is 5.26 Å². The lowest BCUT2D eigenvalue weighted by Crippen LogP contribution is -2.26. The average Bonchev–Trinajstić information content (AvgIpc) is 2.77. The maximum absolute atomic E-state index is 12.1. The lowest BCUT2D eigenvalue weighted by atomic mass is 10.1. The second-order valence-corrected chi connectivity index (χ2v) is 6.38. The zero-order valence-corrected chi connectivity index (χ0v) is 12.6. The van der Waals surface area contributed by atoms with Crippen molar-refractivity contribution < 1.29 is 4.79 Å². The maximum atomic E-state index is 12.1. The molecule has 0 aliphatic carbocycles. The summed E-state index contributed by atoms with van der Waals surface area (Å²) in [6.07, 6.45) is 0. The van der Waals surface area contributed by atoms with Crippen LogP contribution in [0.5, 0.6) is 0 Å². The molecule has 3 nitrogen and oxygen atoms in total. The van der Waals surface area contributed by atoms with Crippen LogP contribution in [0.25, 0.3) is 0 Å². The summed E-state index contributed by atoms with van der Waals surface area (Å²) in [5, 5.41) is 11.9. The highest BCUT2D eigenvalue weighted by Crippen LogP contribution is 2.27. The number of amides is 1. The number of nitrogens with one attached hydrogen (secondary N) is 1. The third-order valence-corrected chi connectivity index (χ3v) is 4.75. The van der Waals surface area contributed by atoms with Crippen molar-refractivity contribution in [1.29, 1.82) is 5.26 Å². The summed E-state index contributed by atoms with van der Waals surface area (Å²) in [6.45, 7) is 1.93. The van der Waals surface area contributed by atoms with Crippen LogP contribution in [0.4, 0.5) is 0 Å². The summed E-state index contributed by atoms with van der Waals surface area (Å²) < 4.78 is 0.936. The molecule has 5 heteroatoms. The van der Waals surface area contributed by atoms with Crippen LogP contribution in [0.3, 0.4) is 0 Å². The van der Waals surface area contributed by atoms with Crippen LogP contribution in [0.2, 0.25) is 0 Å². The number of nitrogens with zero attached hydrogens (tertiary/aromatic N) is 1. The Kier molecular flexibility index (Phi) is 4.35. The van der Waals surface area contributed by atoms with Gasteiger partial charge >= 0.3 is 0 Å². The molecule has 1 heterocycles. The molecule has 1 atom stereocenters. The van der Waals surface area contributed by atoms with Crippen LogP contribution < -0.4 is 5.32 Å². The van der Waals surface area contributed by atoms with Gasteiger partial charge in [-0.15, -0.1) is 11.3 Å². The second-order valence-electron chi connectivity index (χ2n) is 4.01. The second kappa shape index (κ2) is 6.00. The van der Waals surface area contributed by atoms with Gasteiger partial charge < -0.3 is 5.32 Å². The molecule has 0 aliphatic rings. The highest BCUT2D eigenvalue weighted by molar-refractivity contribution is 9.11. The molecule has 0 saturated carbocycles. The van der Waals surface area contributed by atoms with Crippen LogP contribution in [0.1, 0.15) is 26.8 Å². The maximum Gasteiger partial charge on any atom is 0.262 e. The van der Waals surface area contributed by atoms with E-state index in [9.17, 15) is 4.79 Å². The third-order valence-electron chi connectivity index (χ3n) is 2.62. The van der Waals surface area contributed by atoms with Gasteiger partial charge in [-0.1, -0.05) is 30.3 Å². The van der Waals surface area contributed by atoms with E-state index >= 15 is 0 Å². The molecule has 2 aromatic rings. The minimum Gasteiger partial charge on any atom is -0.332 e. The van der Waals surface area contributed by atoms with Crippen LogP contribution in [0.15, 0.2) is 40.2 Å². The zero-order chi connectivity index (χ0) is 13.8. The van der Waals surface area contributed by atoms with Crippen LogP contribution in [-0.2, 0) is 0 Å². The van der Waals surface area contributed by atoms with Gasteiger partial charge in [-0.05, 0) is 40.0 Å². The van der Waals surface area contributed by atoms with Crippen molar-refractivity contribution in [3.8, 4) is 6.07 Å². The summed E-state index contributed by atoms with van der Waals surface area (Å²) in [5.74, 6) is -0.228. The molecule has 0 aliphatic heterocycles. The molecule has 96 valence electrons. The lowest BCUT2D eigenvalue weighted by molar-refractivity contribution is 0.0949. The Balaban J connectivity index is 2.16. The summed E-state index contributed by atoms with van der Waals surface area (Å²) >= 11 is 4.75. The molecule has 0 radical (unpaired) electrons. The van der Waals surface area contributed by atoms with Gasteiger partial charge in [0.2, 0.25) is 0 Å². The molecule has 2 rings (SSSR count). The van der Waals surface area contributed by atoms with Gasteiger partial charge in [-0.25, -0.2) is 0 Å². The Labute approximate surface area is 124 Å². The molecule has 0 spiro atoms. The number of hydrogen-bond donors (Lipinski definition) is 1. The Hall–Kier alpha value is -1.64. The van der Waals surface area contributed by atoms with Gasteiger partial charge in [0, 0.05) is 0 Å². The third kappa shape index (κ3) is 3.22. The summed E-state index contributed by atoms with van der Waals surface area (Å²) in [6, 6.07) is 12.5. The fraction of sp³-hybridized carbons (Fsp3) is 0.143. The lowest BCUT2D eigenvalue weighted by Gasteiger charge is -2.10. The van der Waals surface area contributed by atoms with E-state index in [0.29, 0.717) is 4.88 Å². The number of thiophene rings is 1. The highest BCUT2D eigenvalue weighted by Gasteiger charge is 2.17. The number of aryl methyl sites for hydroxylation is 1. The summed E-state index contributed by atoms with van der Waals surface area (Å²) in [5.41, 5.74) is 1.80. The number of carbonyl (C=O) groups excluding carboxylic acids is 1. The zero-order valence-electron chi connectivity index (χ0n) is 10.2. The van der Waals surface area contributed by atoms with Crippen LogP contribution >= 0.6 is 27.3 Å². The van der Waals surface area contributed by atoms with E-state index in [1.165, 1.54) is 11.3 Å². The molecular weight excluding hydrogens is 324 g/mol. The van der Waals surface area contributed by atoms with Crippen LogP contribution in [-0.4, -0.2) is 5.91 Å². The topological polar surface area (TPSA) is 52.9 Å². The molecule has 1 unspecified atom stereocenters. The Morgan fingerprint density at radius 1 is 1.42 bits per heavy atom. The van der Waals surface area contributed by atoms with Gasteiger partial charge in [0.25, 0.3) is 5.91 Å². The number of halogens is 1. The number of benzene rings is 1. The monoisotopic (exact) mass is 334 g/mol. The van der Waals surface area contributed by atoms with Crippen molar-refractivity contribution in [1.82, 2.24) is 5.32 Å². The largest absolute Gasteiger partial charge is 0.332 e. The first-order chi connectivity index (χ1) is 9.11. The van der Waals surface area contributed by atoms with Crippen LogP contribution in [0, 0.1) is 18.3 Å². The molecule has 19 heavy (non-hydrogen) atoms. The molecule has 1 aromatic carbocycles. The van der Waals surface area contributed by atoms with Crippen molar-refractivity contribution in [2.75, 3.05) is 0 Å². The predicted molar refractivity (Wildman–Crippen MR) is 79.0 cm³/mol. The van der Waals surface area contributed by atoms with Gasteiger partial charge in [0.1, 0.15) is 6.04 Å². The highest BCUT2D eigenvalue weighted by atomic mass is 79.9. The average molecular weight is 335 g/mol. The minimum atomic E-state index is -0.630. The summed E-state index contributed by atoms with van der Waals surface area (Å²) in [7, 11) is 0. The molecule has 0 bridgehead atoms. The molecule has 1 amide bonds. The molecule has 1 aromatic heterocycles. The predicted octanol–water partition coefficient (Wildman–Crippen LogP) is 3.81. The van der Waals surface area contributed by atoms with E-state index in [0.717, 1.165) is 14.9 Å². The molecule has 1 N–H and O–H groups in total. The van der Waals surface area contributed by atoms with Crippen molar-refractivity contribution >= 4 is 33.2 Å². The van der Waals surface area contributed by atoms with Gasteiger partial charge in [-0.3, -0.25) is 4.79 Å². The van der Waals surface area contributed by atoms with Gasteiger partial charge in [0.15, 0.2) is 0 Å². The Morgan fingerprint density at radius 3 is 2.63 bits per heavy atom. The summed E-state index contributed by atoms with van der Waals surface area (Å²) in [4.78, 5) is 12.7. The van der Waals surface area contributed by atoms with E-state index in [4.69, 9.17) is 5.26 Å². The number of nitriles is 1. The first-order valence-electron chi connectivity index (χ1n) is 5.63. The van der Waals surface area contributed by atoms with E-state index in [1.54, 1.807) is 0 Å². The van der Waals surface area contributed by atoms with E-state index in [2.05, 4.69) is 27.3 Å².